The van der Waals surface area contributed by atoms with Gasteiger partial charge >= 0.3 is 62.2 Å². The third-order valence-corrected chi connectivity index (χ3v) is 23.1. The summed E-state index contributed by atoms with van der Waals surface area (Å²) >= 11 is 0. The Hall–Kier alpha value is -11.6. The average Bonchev–Trinajstić information content (AvgIpc) is 0.777. The van der Waals surface area contributed by atoms with E-state index in [4.69, 9.17) is 94.3 Å². The van der Waals surface area contributed by atoms with Gasteiger partial charge in [0.2, 0.25) is 53.2 Å². The highest BCUT2D eigenvalue weighted by molar-refractivity contribution is 7.45. The van der Waals surface area contributed by atoms with E-state index in [1.165, 1.54) is 32.9 Å². The smallest absolute Gasteiger partial charge is 0.318 e. The van der Waals surface area contributed by atoms with Crippen LogP contribution in [0, 0.1) is 23.2 Å². The zero-order valence-corrected chi connectivity index (χ0v) is 88.2. The van der Waals surface area contributed by atoms with E-state index < -0.39 is 241 Å². The first-order valence-electron chi connectivity index (χ1n) is 49.4. The second kappa shape index (κ2) is 71.2. The number of nitrogens with zero attached hydrogens (tertiary/aromatic N) is 1. The van der Waals surface area contributed by atoms with Crippen molar-refractivity contribution in [2.75, 3.05) is 125 Å². The molecule has 0 radical (unpaired) electrons. The molecule has 3 fully saturated rings. The lowest BCUT2D eigenvalue weighted by atomic mass is 9.94. The number of benzene rings is 1. The summed E-state index contributed by atoms with van der Waals surface area (Å²) in [6.45, 7) is 19.6. The Kier molecular flexibility index (Phi) is 61.9. The summed E-state index contributed by atoms with van der Waals surface area (Å²) in [6, 6.07) is 4.57. The van der Waals surface area contributed by atoms with Crippen LogP contribution in [0.3, 0.4) is 0 Å². The van der Waals surface area contributed by atoms with Gasteiger partial charge in [-0.25, -0.2) is 5.09 Å². The van der Waals surface area contributed by atoms with E-state index >= 15 is 0 Å². The molecule has 4 rings (SSSR count). The zero-order valence-electron chi connectivity index (χ0n) is 87.3. The Morgan fingerprint density at radius 2 is 0.642 bits per heavy atom. The van der Waals surface area contributed by atoms with Gasteiger partial charge in [-0.1, -0.05) is 27.7 Å². The lowest BCUT2D eigenvalue weighted by Gasteiger charge is -2.44. The van der Waals surface area contributed by atoms with Gasteiger partial charge in [-0.15, -0.1) is 0 Å². The number of hydrogen-bond acceptors (Lipinski definition) is 41. The Bertz CT molecular complexity index is 4080. The highest BCUT2D eigenvalue weighted by Gasteiger charge is 2.55. The normalized spacial score (nSPS) is 20.9. The van der Waals surface area contributed by atoms with E-state index in [2.05, 4.69) is 64.3 Å². The van der Waals surface area contributed by atoms with Gasteiger partial charge in [0.1, 0.15) is 67.5 Å². The summed E-state index contributed by atoms with van der Waals surface area (Å²) in [4.78, 5) is 240. The van der Waals surface area contributed by atoms with Crippen molar-refractivity contribution < 1.29 is 185 Å². The number of ether oxygens (including phenoxy) is 18. The van der Waals surface area contributed by atoms with Gasteiger partial charge in [0.05, 0.1) is 58.7 Å². The Morgan fingerprint density at radius 3 is 0.905 bits per heavy atom. The summed E-state index contributed by atoms with van der Waals surface area (Å²) in [7, 11) is -1.80. The van der Waals surface area contributed by atoms with E-state index in [-0.39, 0.29) is 172 Å². The predicted molar refractivity (Wildman–Crippen MR) is 517 cm³/mol. The van der Waals surface area contributed by atoms with Crippen LogP contribution >= 0.6 is 8.53 Å². The molecule has 0 bridgehead atoms. The van der Waals surface area contributed by atoms with Gasteiger partial charge < -0.3 is 147 Å². The number of amides is 10. The van der Waals surface area contributed by atoms with Crippen molar-refractivity contribution in [1.82, 2.24) is 58.3 Å². The van der Waals surface area contributed by atoms with E-state index in [1.807, 2.05) is 27.7 Å². The highest BCUT2D eigenvalue weighted by Crippen LogP contribution is 2.39. The van der Waals surface area contributed by atoms with Gasteiger partial charge in [0, 0.05) is 192 Å². The molecule has 148 heavy (non-hydrogen) atoms. The van der Waals surface area contributed by atoms with Gasteiger partial charge in [0.25, 0.3) is 5.91 Å². The minimum absolute atomic E-state index is 0.0278. The molecule has 52 heteroatoms. The maximum atomic E-state index is 14.7. The van der Waals surface area contributed by atoms with Crippen molar-refractivity contribution in [3.05, 3.63) is 29.8 Å². The maximum absolute atomic E-state index is 14.7. The quantitative estimate of drug-likeness (QED) is 0.0191. The molecular weight excluding hydrogens is 1980 g/mol. The van der Waals surface area contributed by atoms with Crippen molar-refractivity contribution >= 4 is 121 Å². The first-order valence-corrected chi connectivity index (χ1v) is 50.5. The van der Waals surface area contributed by atoms with Gasteiger partial charge in [-0.2, -0.15) is 5.26 Å². The Labute approximate surface area is 862 Å². The number of carbonyl (C=O) groups is 19. The van der Waals surface area contributed by atoms with Crippen LogP contribution in [0.4, 0.5) is 0 Å². The molecule has 834 valence electrons. The highest BCUT2D eigenvalue weighted by atomic mass is 31.2. The van der Waals surface area contributed by atoms with Crippen LogP contribution in [-0.2, 0) is 176 Å². The first kappa shape index (κ1) is 129. The molecule has 0 aromatic heterocycles. The van der Waals surface area contributed by atoms with Crippen molar-refractivity contribution in [2.45, 2.75) is 317 Å². The molecule has 0 spiro atoms. The van der Waals surface area contributed by atoms with E-state index in [9.17, 15) is 96.4 Å². The number of esters is 9. The van der Waals surface area contributed by atoms with Crippen molar-refractivity contribution in [3.8, 4) is 11.8 Å². The van der Waals surface area contributed by atoms with Crippen molar-refractivity contribution in [1.29, 1.82) is 5.26 Å². The Morgan fingerprint density at radius 1 is 0.358 bits per heavy atom. The van der Waals surface area contributed by atoms with Crippen LogP contribution in [0.15, 0.2) is 24.3 Å². The zero-order chi connectivity index (χ0) is 110. The lowest BCUT2D eigenvalue weighted by molar-refractivity contribution is -0.277. The number of unbranched alkanes of at least 4 members (excludes halogenated alkanes) is 3. The minimum Gasteiger partial charge on any atom is -0.463 e. The molecule has 51 nitrogen and oxygen atoms in total. The summed E-state index contributed by atoms with van der Waals surface area (Å²) in [5.41, 5.74) is -1.53. The molecule has 0 saturated carbocycles. The summed E-state index contributed by atoms with van der Waals surface area (Å²) < 4.78 is 115. The fourth-order valence-corrected chi connectivity index (χ4v) is 16.9. The molecule has 3 aliphatic rings. The van der Waals surface area contributed by atoms with E-state index in [0.29, 0.717) is 63.5 Å². The van der Waals surface area contributed by atoms with Crippen LogP contribution < -0.4 is 62.8 Å². The number of hydrogen-bond donors (Lipinski definition) is 11. The fourth-order valence-electron chi connectivity index (χ4n) is 15.3. The molecule has 3 aliphatic heterocycles. The maximum Gasteiger partial charge on any atom is 0.318 e. The van der Waals surface area contributed by atoms with E-state index in [0.717, 1.165) is 62.3 Å². The van der Waals surface area contributed by atoms with Crippen LogP contribution in [0.5, 0.6) is 5.75 Å². The van der Waals surface area contributed by atoms with Crippen LogP contribution in [0.1, 0.15) is 224 Å². The molecule has 16 atom stereocenters. The van der Waals surface area contributed by atoms with Crippen molar-refractivity contribution in [2.24, 2.45) is 11.8 Å². The molecule has 3 saturated heterocycles. The molecule has 3 heterocycles. The second-order valence-electron chi connectivity index (χ2n) is 35.7. The third-order valence-electron chi connectivity index (χ3n) is 21.8. The predicted octanol–water partition coefficient (Wildman–Crippen LogP) is 1.58. The number of nitriles is 1. The molecule has 1 aromatic rings. The number of nitrogens with one attached hydrogen (secondary N) is 11. The third kappa shape index (κ3) is 53.5. The molecule has 0 aliphatic carbocycles. The monoisotopic (exact) mass is 2130 g/mol. The Balaban J connectivity index is 1.46. The topological polar surface area (TPSA) is 665 Å². The summed E-state index contributed by atoms with van der Waals surface area (Å²) in [6.07, 6.45) is -13.0. The van der Waals surface area contributed by atoms with Gasteiger partial charge in [0.15, 0.2) is 55.5 Å². The van der Waals surface area contributed by atoms with Crippen LogP contribution in [-0.4, -0.2) is 341 Å². The molecule has 10 amide bonds. The lowest BCUT2D eigenvalue weighted by Crippen LogP contribution is -2.66. The molecule has 1 aromatic carbocycles. The van der Waals surface area contributed by atoms with Gasteiger partial charge in [-0.05, 0) is 93.9 Å². The summed E-state index contributed by atoms with van der Waals surface area (Å²) in [5, 5.41) is 40.4. The average molecular weight is 2130 g/mol. The van der Waals surface area contributed by atoms with E-state index in [1.54, 1.807) is 12.1 Å². The fraction of sp³-hybridized carbons (Fsp3) is 0.729. The van der Waals surface area contributed by atoms with Crippen LogP contribution in [0.25, 0.3) is 0 Å². The summed E-state index contributed by atoms with van der Waals surface area (Å²) in [5.74, 6) is -10.7. The molecular formula is C96H151N12O39P. The van der Waals surface area contributed by atoms with Crippen molar-refractivity contribution in [3.63, 3.8) is 0 Å². The molecule has 16 unspecified atom stereocenters. The van der Waals surface area contributed by atoms with Gasteiger partial charge in [-0.3, -0.25) is 91.1 Å². The minimum atomic E-state index is -1.80. The first-order chi connectivity index (χ1) is 70.3. The molecule has 11 N–H and O–H groups in total. The van der Waals surface area contributed by atoms with Crippen LogP contribution in [0.2, 0.25) is 0 Å². The number of carbonyl (C=O) groups excluding carboxylic acids is 19. The SMILES string of the molecule is CC(=O)NC1C(OCCCCC(=O)NCCCNC(=O)CCOCC(COCCC(=O)NCCCNC(=O)CCCCOC2OC(COC(C)=O)C(OC(C)=O)C(OC(C)=O)C2NC(C)=O)(COCCC(=O)NCCCNC(=O)CCCCOC2OC(COC(C)=O)C(OC(C)=O)C(OC(C)=O)C2NC(C)=O)NC(=O)c2ccc(OP(NC(C(C)C)C(C)C)OCCC#N)cc2)OC(COC(C)=O)C(OC(C)=O)C1OC(C)=O. The second-order valence-corrected chi connectivity index (χ2v) is 36.9. The standard InChI is InChI=1S/C96H151N12O39P/c1-57(2)82(58(3)4)108-148(137-47-23-37-97)147-72-32-30-71(31-33-72)92(127)107-96(54-128-48-34-79(124)101-41-24-38-98-76(121)27-17-20-44-131-93-83(104-59(5)109)89(141-68(14)118)86(138-65(11)115)73(144-93)51-134-62(8)112,55-129-49-35-80(125)102-42-25-39-99-77(122)28-18-21-45-132-94-84(105-60(6)110)90(142-69(15)119)87(139-66(12)116)74(145-94)52-135-63(9)113)56-130-50-36-81(126)103-43-26-40-100-78(123)29-19-22-46-133-95-85(106-61(7)111)91(143-70(16)120)88(140-67(13)117)75(146-95)53-136-64(10)114/h30-33,57-58,73-75,82-91,93-95,108H,17-29,34-36,38-56H2,1-16H3,(H,98,121)(H,99,122)(H,100,123)(H,101,124)(H,102,125)(H,103,126)(H,104,109)(H,105,110)(H,106,111)(H,107,127). The number of rotatable bonds is 71. The largest absolute Gasteiger partial charge is 0.463 e.